The number of hydrogen-bond acceptors (Lipinski definition) is 6. The van der Waals surface area contributed by atoms with Gasteiger partial charge in [-0.2, -0.15) is 0 Å². The van der Waals surface area contributed by atoms with E-state index in [1.54, 1.807) is 6.20 Å². The molecule has 0 amide bonds. The molecule has 0 spiro atoms. The van der Waals surface area contributed by atoms with Gasteiger partial charge in [0, 0.05) is 42.1 Å². The molecule has 0 saturated carbocycles. The van der Waals surface area contributed by atoms with E-state index in [1.807, 2.05) is 18.3 Å². The van der Waals surface area contributed by atoms with Gasteiger partial charge in [0.2, 0.25) is 0 Å². The molecule has 1 N–H and O–H groups in total. The van der Waals surface area contributed by atoms with Crippen molar-refractivity contribution in [2.24, 2.45) is 0 Å². The molecule has 4 aromatic rings. The van der Waals surface area contributed by atoms with E-state index in [2.05, 4.69) is 32.4 Å². The van der Waals surface area contributed by atoms with E-state index >= 15 is 0 Å². The molecule has 6 rings (SSSR count). The zero-order valence-electron chi connectivity index (χ0n) is 16.3. The van der Waals surface area contributed by atoms with E-state index < -0.39 is 0 Å². The highest BCUT2D eigenvalue weighted by Crippen LogP contribution is 2.34. The van der Waals surface area contributed by atoms with E-state index in [4.69, 9.17) is 19.4 Å². The molecule has 0 bridgehead atoms. The van der Waals surface area contributed by atoms with Crippen LogP contribution < -0.4 is 4.90 Å². The van der Waals surface area contributed by atoms with Crippen LogP contribution in [0.15, 0.2) is 30.6 Å². The van der Waals surface area contributed by atoms with Crippen LogP contribution in [0.4, 0.5) is 5.82 Å². The summed E-state index contributed by atoms with van der Waals surface area (Å²) >= 11 is 0. The van der Waals surface area contributed by atoms with Crippen molar-refractivity contribution in [3.05, 3.63) is 36.3 Å². The number of morpholine rings is 1. The van der Waals surface area contributed by atoms with Gasteiger partial charge in [0.15, 0.2) is 5.82 Å². The Morgan fingerprint density at radius 1 is 1.10 bits per heavy atom. The van der Waals surface area contributed by atoms with Crippen molar-refractivity contribution in [1.29, 1.82) is 0 Å². The Labute approximate surface area is 167 Å². The molecule has 8 heteroatoms. The molecular weight excluding hydrogens is 368 g/mol. The van der Waals surface area contributed by atoms with Crippen molar-refractivity contribution in [3.63, 3.8) is 0 Å². The first-order chi connectivity index (χ1) is 14.3. The number of H-pyrrole nitrogens is 1. The molecule has 4 aromatic heterocycles. The lowest BCUT2D eigenvalue weighted by molar-refractivity contribution is 0.0863. The van der Waals surface area contributed by atoms with Crippen LogP contribution in [0.25, 0.3) is 33.5 Å². The minimum absolute atomic E-state index is 0.257. The zero-order valence-corrected chi connectivity index (χ0v) is 16.3. The third-order valence-corrected chi connectivity index (χ3v) is 5.87. The molecule has 148 valence electrons. The minimum Gasteiger partial charge on any atom is -0.377 e. The van der Waals surface area contributed by atoms with E-state index in [-0.39, 0.29) is 6.04 Å². The van der Waals surface area contributed by atoms with E-state index in [1.165, 1.54) is 0 Å². The molecule has 1 fully saturated rings. The van der Waals surface area contributed by atoms with Crippen LogP contribution >= 0.6 is 0 Å². The molecule has 2 aliphatic heterocycles. The fourth-order valence-electron chi connectivity index (χ4n) is 4.40. The van der Waals surface area contributed by atoms with Gasteiger partial charge < -0.3 is 23.9 Å². The van der Waals surface area contributed by atoms with Gasteiger partial charge >= 0.3 is 0 Å². The Morgan fingerprint density at radius 2 is 2.03 bits per heavy atom. The van der Waals surface area contributed by atoms with Crippen LogP contribution in [0.3, 0.4) is 0 Å². The summed E-state index contributed by atoms with van der Waals surface area (Å²) in [4.78, 5) is 20.1. The summed E-state index contributed by atoms with van der Waals surface area (Å²) < 4.78 is 13.6. The number of aromatic amines is 1. The van der Waals surface area contributed by atoms with Crippen LogP contribution in [0, 0.1) is 0 Å². The number of pyridine rings is 1. The van der Waals surface area contributed by atoms with Gasteiger partial charge in [-0.05, 0) is 25.1 Å². The van der Waals surface area contributed by atoms with Gasteiger partial charge in [-0.15, -0.1) is 0 Å². The molecule has 0 aliphatic carbocycles. The Hall–Kier alpha value is -2.97. The summed E-state index contributed by atoms with van der Waals surface area (Å²) in [6.07, 6.45) is 3.71. The monoisotopic (exact) mass is 390 g/mol. The Kier molecular flexibility index (Phi) is 3.82. The summed E-state index contributed by atoms with van der Waals surface area (Å²) in [5, 5.41) is 2.11. The number of nitrogens with one attached hydrogen (secondary N) is 1. The topological polar surface area (TPSA) is 81.1 Å². The maximum atomic E-state index is 5.68. The number of rotatable bonds is 2. The normalized spacial score (nSPS) is 19.8. The van der Waals surface area contributed by atoms with Gasteiger partial charge in [-0.1, -0.05) is 0 Å². The molecule has 6 heterocycles. The summed E-state index contributed by atoms with van der Waals surface area (Å²) in [7, 11) is 0. The van der Waals surface area contributed by atoms with Crippen LogP contribution in [0.5, 0.6) is 0 Å². The zero-order chi connectivity index (χ0) is 19.4. The van der Waals surface area contributed by atoms with E-state index in [0.717, 1.165) is 58.1 Å². The molecular formula is C21H22N6O2. The molecule has 0 unspecified atom stereocenters. The molecule has 0 aromatic carbocycles. The highest BCUT2D eigenvalue weighted by Gasteiger charge is 2.27. The number of nitrogens with zero attached hydrogens (tertiary/aromatic N) is 5. The van der Waals surface area contributed by atoms with Gasteiger partial charge in [0.05, 0.1) is 37.9 Å². The maximum Gasteiger partial charge on any atom is 0.164 e. The first-order valence-electron chi connectivity index (χ1n) is 10.0. The summed E-state index contributed by atoms with van der Waals surface area (Å²) in [5.74, 6) is 1.70. The molecule has 2 aliphatic rings. The van der Waals surface area contributed by atoms with Gasteiger partial charge in [0.1, 0.15) is 17.1 Å². The summed E-state index contributed by atoms with van der Waals surface area (Å²) in [6.45, 7) is 6.54. The largest absolute Gasteiger partial charge is 0.377 e. The van der Waals surface area contributed by atoms with Gasteiger partial charge in [-0.25, -0.2) is 15.0 Å². The summed E-state index contributed by atoms with van der Waals surface area (Å²) in [5.41, 5.74) is 3.96. The number of anilines is 1. The van der Waals surface area contributed by atoms with Crippen molar-refractivity contribution in [1.82, 2.24) is 24.5 Å². The Balaban J connectivity index is 1.63. The SMILES string of the molecule is C[C@@H]1COCCN1c1nc(-c2ccnc3[nH]ccc23)nc2c1cc1n2CCOC1. The standard InChI is InChI=1S/C21H22N6O2/c1-13-11-28-8-6-26(13)20-17-10-14-12-29-9-7-27(14)21(17)25-19(24-20)16-3-5-23-18-15(16)2-4-22-18/h2-5,10,13H,6-9,11-12H2,1H3,(H,22,23)/t13-/m1/s1. The molecule has 1 atom stereocenters. The molecule has 8 nitrogen and oxygen atoms in total. The van der Waals surface area contributed by atoms with Gasteiger partial charge in [0.25, 0.3) is 0 Å². The number of ether oxygens (including phenoxy) is 2. The lowest BCUT2D eigenvalue weighted by Crippen LogP contribution is -2.44. The lowest BCUT2D eigenvalue weighted by atomic mass is 10.1. The van der Waals surface area contributed by atoms with E-state index in [9.17, 15) is 0 Å². The first-order valence-corrected chi connectivity index (χ1v) is 10.0. The second-order valence-corrected chi connectivity index (χ2v) is 7.66. The molecule has 29 heavy (non-hydrogen) atoms. The average molecular weight is 390 g/mol. The number of fused-ring (bicyclic) bond motifs is 4. The van der Waals surface area contributed by atoms with Crippen LogP contribution in [0.1, 0.15) is 12.6 Å². The predicted octanol–water partition coefficient (Wildman–Crippen LogP) is 2.73. The smallest absolute Gasteiger partial charge is 0.164 e. The first kappa shape index (κ1) is 16.9. The lowest BCUT2D eigenvalue weighted by Gasteiger charge is -2.34. The van der Waals surface area contributed by atoms with Crippen molar-refractivity contribution in [3.8, 4) is 11.4 Å². The highest BCUT2D eigenvalue weighted by molar-refractivity contribution is 5.95. The van der Waals surface area contributed by atoms with Crippen molar-refractivity contribution < 1.29 is 9.47 Å². The average Bonchev–Trinajstić information content (AvgIpc) is 3.38. The highest BCUT2D eigenvalue weighted by atomic mass is 16.5. The molecule has 1 saturated heterocycles. The van der Waals surface area contributed by atoms with Gasteiger partial charge in [-0.3, -0.25) is 0 Å². The van der Waals surface area contributed by atoms with Crippen LogP contribution in [-0.4, -0.2) is 56.9 Å². The van der Waals surface area contributed by atoms with E-state index in [0.29, 0.717) is 26.4 Å². The minimum atomic E-state index is 0.257. The second-order valence-electron chi connectivity index (χ2n) is 7.66. The quantitative estimate of drug-likeness (QED) is 0.567. The Morgan fingerprint density at radius 3 is 2.97 bits per heavy atom. The van der Waals surface area contributed by atoms with Crippen LogP contribution in [0.2, 0.25) is 0 Å². The van der Waals surface area contributed by atoms with Crippen molar-refractivity contribution in [2.45, 2.75) is 26.1 Å². The number of aromatic nitrogens is 5. The fourth-order valence-corrected chi connectivity index (χ4v) is 4.40. The van der Waals surface area contributed by atoms with Crippen molar-refractivity contribution >= 4 is 27.9 Å². The van der Waals surface area contributed by atoms with Crippen molar-refractivity contribution in [2.75, 3.05) is 31.3 Å². The predicted molar refractivity (Wildman–Crippen MR) is 110 cm³/mol. The Bertz CT molecular complexity index is 1210. The summed E-state index contributed by atoms with van der Waals surface area (Å²) in [6, 6.07) is 6.47. The van der Waals surface area contributed by atoms with Crippen LogP contribution in [-0.2, 0) is 22.6 Å². The number of hydrogen-bond donors (Lipinski definition) is 1. The molecule has 0 radical (unpaired) electrons. The fraction of sp³-hybridized carbons (Fsp3) is 0.381. The maximum absolute atomic E-state index is 5.68. The third-order valence-electron chi connectivity index (χ3n) is 5.87. The second kappa shape index (κ2) is 6.53. The third kappa shape index (κ3) is 2.63.